The van der Waals surface area contributed by atoms with Gasteiger partial charge in [0.25, 0.3) is 0 Å². The highest BCUT2D eigenvalue weighted by molar-refractivity contribution is 6.16. The summed E-state index contributed by atoms with van der Waals surface area (Å²) in [7, 11) is 0. The quantitative estimate of drug-likeness (QED) is 0.763. The first-order chi connectivity index (χ1) is 10.3. The van der Waals surface area contributed by atoms with Crippen molar-refractivity contribution < 1.29 is 9.47 Å². The van der Waals surface area contributed by atoms with Crippen LogP contribution in [0.5, 0.6) is 5.75 Å². The van der Waals surface area contributed by atoms with E-state index < -0.39 is 0 Å². The molecule has 2 aromatic rings. The molecule has 5 heteroatoms. The van der Waals surface area contributed by atoms with Crippen molar-refractivity contribution in [2.45, 2.75) is 44.7 Å². The van der Waals surface area contributed by atoms with Crippen LogP contribution in [0.1, 0.15) is 32.0 Å². The van der Waals surface area contributed by atoms with Crippen LogP contribution in [0.25, 0.3) is 11.0 Å². The monoisotopic (exact) mass is 308 g/mol. The Morgan fingerprint density at radius 3 is 3.10 bits per heavy atom. The van der Waals surface area contributed by atoms with E-state index in [-0.39, 0.29) is 6.10 Å². The Labute approximate surface area is 130 Å². The Morgan fingerprint density at radius 1 is 1.48 bits per heavy atom. The molecule has 4 nitrogen and oxygen atoms in total. The van der Waals surface area contributed by atoms with Crippen LogP contribution in [-0.4, -0.2) is 28.9 Å². The number of halogens is 1. The zero-order valence-electron chi connectivity index (χ0n) is 12.3. The van der Waals surface area contributed by atoms with Crippen molar-refractivity contribution in [1.82, 2.24) is 9.55 Å². The highest BCUT2D eigenvalue weighted by Crippen LogP contribution is 2.28. The number of fused-ring (bicyclic) bond motifs is 1. The van der Waals surface area contributed by atoms with Crippen LogP contribution in [0.2, 0.25) is 0 Å². The van der Waals surface area contributed by atoms with Gasteiger partial charge in [0.05, 0.1) is 30.7 Å². The lowest BCUT2D eigenvalue weighted by Crippen LogP contribution is -2.16. The first-order valence-corrected chi connectivity index (χ1v) is 8.15. The van der Waals surface area contributed by atoms with Gasteiger partial charge in [0.15, 0.2) is 0 Å². The van der Waals surface area contributed by atoms with Crippen molar-refractivity contribution in [3.63, 3.8) is 0 Å². The fraction of sp³-hybridized carbons (Fsp3) is 0.562. The van der Waals surface area contributed by atoms with Crippen LogP contribution >= 0.6 is 11.6 Å². The van der Waals surface area contributed by atoms with Crippen LogP contribution in [0.4, 0.5) is 0 Å². The molecule has 0 amide bonds. The number of hydrogen-bond donors (Lipinski definition) is 0. The van der Waals surface area contributed by atoms with Gasteiger partial charge in [-0.05, 0) is 31.4 Å². The number of nitrogens with zero attached hydrogens (tertiary/aromatic N) is 2. The number of para-hydroxylation sites is 1. The molecule has 1 aliphatic heterocycles. The van der Waals surface area contributed by atoms with E-state index in [2.05, 4.69) is 22.5 Å². The van der Waals surface area contributed by atoms with E-state index in [9.17, 15) is 0 Å². The number of ether oxygens (including phenoxy) is 2. The summed E-state index contributed by atoms with van der Waals surface area (Å²) in [5.41, 5.74) is 1.98. The summed E-state index contributed by atoms with van der Waals surface area (Å²) >= 11 is 6.08. The molecule has 0 spiro atoms. The van der Waals surface area contributed by atoms with E-state index >= 15 is 0 Å². The van der Waals surface area contributed by atoms with Crippen LogP contribution in [0.15, 0.2) is 18.2 Å². The predicted molar refractivity (Wildman–Crippen MR) is 84.1 cm³/mol. The topological polar surface area (TPSA) is 36.3 Å². The summed E-state index contributed by atoms with van der Waals surface area (Å²) in [5.74, 6) is 2.12. The van der Waals surface area contributed by atoms with E-state index in [1.807, 2.05) is 12.1 Å². The van der Waals surface area contributed by atoms with Gasteiger partial charge in [-0.3, -0.25) is 0 Å². The van der Waals surface area contributed by atoms with Gasteiger partial charge in [0.2, 0.25) is 0 Å². The molecule has 1 fully saturated rings. The summed E-state index contributed by atoms with van der Waals surface area (Å²) in [6.07, 6.45) is 3.49. The lowest BCUT2D eigenvalue weighted by molar-refractivity contribution is 0.0974. The summed E-state index contributed by atoms with van der Waals surface area (Å²) in [6, 6.07) is 6.06. The minimum absolute atomic E-state index is 0.268. The summed E-state index contributed by atoms with van der Waals surface area (Å²) < 4.78 is 13.7. The van der Waals surface area contributed by atoms with Gasteiger partial charge in [-0.2, -0.15) is 0 Å². The average Bonchev–Trinajstić information content (AvgIpc) is 3.14. The second-order valence-electron chi connectivity index (χ2n) is 5.38. The zero-order chi connectivity index (χ0) is 14.7. The summed E-state index contributed by atoms with van der Waals surface area (Å²) in [4.78, 5) is 4.68. The second-order valence-corrected chi connectivity index (χ2v) is 5.65. The molecule has 0 aliphatic carbocycles. The molecule has 2 heterocycles. The number of alkyl halides is 1. The fourth-order valence-corrected chi connectivity index (χ4v) is 3.00. The van der Waals surface area contributed by atoms with Crippen molar-refractivity contribution in [1.29, 1.82) is 0 Å². The van der Waals surface area contributed by atoms with Gasteiger partial charge in [0.1, 0.15) is 17.1 Å². The number of benzene rings is 1. The molecule has 0 N–H and O–H groups in total. The van der Waals surface area contributed by atoms with Crippen LogP contribution in [0, 0.1) is 0 Å². The van der Waals surface area contributed by atoms with Crippen molar-refractivity contribution in [3.8, 4) is 5.75 Å². The highest BCUT2D eigenvalue weighted by atomic mass is 35.5. The molecule has 1 aromatic carbocycles. The van der Waals surface area contributed by atoms with Crippen molar-refractivity contribution >= 4 is 22.6 Å². The smallest absolute Gasteiger partial charge is 0.147 e. The van der Waals surface area contributed by atoms with Gasteiger partial charge >= 0.3 is 0 Å². The molecule has 1 aliphatic rings. The lowest BCUT2D eigenvalue weighted by atomic mass is 10.2. The molecular formula is C16H21ClN2O2. The maximum Gasteiger partial charge on any atom is 0.147 e. The van der Waals surface area contributed by atoms with E-state index in [4.69, 9.17) is 21.1 Å². The third-order valence-corrected chi connectivity index (χ3v) is 4.05. The van der Waals surface area contributed by atoms with Gasteiger partial charge in [-0.15, -0.1) is 11.6 Å². The number of rotatable bonds is 6. The van der Waals surface area contributed by atoms with Crippen LogP contribution in [0.3, 0.4) is 0 Å². The Kier molecular flexibility index (Phi) is 4.66. The van der Waals surface area contributed by atoms with Gasteiger partial charge in [-0.1, -0.05) is 13.0 Å². The molecular weight excluding hydrogens is 288 g/mol. The van der Waals surface area contributed by atoms with Crippen LogP contribution in [-0.2, 0) is 17.2 Å². The molecule has 1 aromatic heterocycles. The summed E-state index contributed by atoms with van der Waals surface area (Å²) in [5, 5.41) is 0. The Balaban J connectivity index is 1.97. The number of hydrogen-bond acceptors (Lipinski definition) is 3. The molecule has 3 rings (SSSR count). The van der Waals surface area contributed by atoms with Crippen molar-refractivity contribution in [2.24, 2.45) is 0 Å². The van der Waals surface area contributed by atoms with E-state index in [1.54, 1.807) is 0 Å². The van der Waals surface area contributed by atoms with Gasteiger partial charge in [0, 0.05) is 6.61 Å². The molecule has 0 saturated carbocycles. The van der Waals surface area contributed by atoms with E-state index in [0.29, 0.717) is 12.5 Å². The first kappa shape index (κ1) is 14.7. The lowest BCUT2D eigenvalue weighted by Gasteiger charge is -2.13. The molecule has 1 unspecified atom stereocenters. The average molecular weight is 309 g/mol. The molecule has 1 atom stereocenters. The van der Waals surface area contributed by atoms with Crippen molar-refractivity contribution in [3.05, 3.63) is 24.0 Å². The summed E-state index contributed by atoms with van der Waals surface area (Å²) in [6.45, 7) is 4.47. The number of aromatic nitrogens is 2. The normalized spacial score (nSPS) is 18.5. The molecule has 0 bridgehead atoms. The molecule has 1 saturated heterocycles. The Hall–Kier alpha value is -1.26. The van der Waals surface area contributed by atoms with Gasteiger partial charge in [-0.25, -0.2) is 4.98 Å². The van der Waals surface area contributed by atoms with Crippen molar-refractivity contribution in [2.75, 3.05) is 13.2 Å². The third kappa shape index (κ3) is 3.01. The fourth-order valence-electron chi connectivity index (χ4n) is 2.80. The Bertz CT molecular complexity index is 606. The maximum atomic E-state index is 6.08. The third-order valence-electron chi connectivity index (χ3n) is 3.81. The van der Waals surface area contributed by atoms with Gasteiger partial charge < -0.3 is 14.0 Å². The molecule has 0 radical (unpaired) electrons. The maximum absolute atomic E-state index is 6.08. The predicted octanol–water partition coefficient (Wildman–Crippen LogP) is 3.74. The number of imidazole rings is 1. The SMILES string of the molecule is CCCOc1cccc2c1nc(CCl)n2CC1CCCO1. The first-order valence-electron chi connectivity index (χ1n) is 7.62. The standard InChI is InChI=1S/C16H21ClN2O2/c1-2-8-21-14-7-3-6-13-16(14)18-15(10-17)19(13)11-12-5-4-9-20-12/h3,6-7,12H,2,4-5,8-11H2,1H3. The minimum atomic E-state index is 0.268. The Morgan fingerprint density at radius 2 is 2.38 bits per heavy atom. The molecule has 114 valence electrons. The molecule has 21 heavy (non-hydrogen) atoms. The largest absolute Gasteiger partial charge is 0.491 e. The highest BCUT2D eigenvalue weighted by Gasteiger charge is 2.20. The minimum Gasteiger partial charge on any atom is -0.491 e. The van der Waals surface area contributed by atoms with E-state index in [0.717, 1.165) is 55.0 Å². The zero-order valence-corrected chi connectivity index (χ0v) is 13.1. The second kappa shape index (κ2) is 6.67. The van der Waals surface area contributed by atoms with Crippen LogP contribution < -0.4 is 4.74 Å². The van der Waals surface area contributed by atoms with E-state index in [1.165, 1.54) is 0 Å².